The lowest BCUT2D eigenvalue weighted by Gasteiger charge is -2.33. The summed E-state index contributed by atoms with van der Waals surface area (Å²) < 4.78 is 25.2. The van der Waals surface area contributed by atoms with Crippen molar-refractivity contribution in [1.29, 1.82) is 0 Å². The predicted molar refractivity (Wildman–Crippen MR) is 89.6 cm³/mol. The summed E-state index contributed by atoms with van der Waals surface area (Å²) in [7, 11) is -2.95. The van der Waals surface area contributed by atoms with E-state index < -0.39 is 9.84 Å². The minimum Gasteiger partial charge on any atom is -0.350 e. The fraction of sp³-hybridized carbons (Fsp3) is 0.357. The van der Waals surface area contributed by atoms with E-state index in [0.717, 1.165) is 11.4 Å². The third-order valence-electron chi connectivity index (χ3n) is 3.99. The summed E-state index contributed by atoms with van der Waals surface area (Å²) >= 11 is 1.59. The van der Waals surface area contributed by atoms with Gasteiger partial charge in [0.15, 0.2) is 21.3 Å². The number of rotatable bonds is 2. The van der Waals surface area contributed by atoms with Gasteiger partial charge in [0.05, 0.1) is 11.5 Å². The van der Waals surface area contributed by atoms with Gasteiger partial charge in [-0.2, -0.15) is 15.9 Å². The second-order valence-corrected chi connectivity index (χ2v) is 8.66. The SMILES string of the molecule is CC1CS(=O)(=O)CCN1c1ccc2nnc(-c3ccsc3)n2n1. The average molecular weight is 349 g/mol. The molecule has 1 unspecified atom stereocenters. The Morgan fingerprint density at radius 1 is 1.26 bits per heavy atom. The molecular weight excluding hydrogens is 334 g/mol. The summed E-state index contributed by atoms with van der Waals surface area (Å²) in [6, 6.07) is 5.61. The Morgan fingerprint density at radius 3 is 2.87 bits per heavy atom. The molecule has 23 heavy (non-hydrogen) atoms. The minimum absolute atomic E-state index is 0.0974. The highest BCUT2D eigenvalue weighted by atomic mass is 32.2. The second-order valence-electron chi connectivity index (χ2n) is 5.65. The van der Waals surface area contributed by atoms with Crippen LogP contribution in [-0.2, 0) is 9.84 Å². The van der Waals surface area contributed by atoms with E-state index in [4.69, 9.17) is 0 Å². The normalized spacial score (nSPS) is 20.9. The zero-order chi connectivity index (χ0) is 16.0. The van der Waals surface area contributed by atoms with Crippen molar-refractivity contribution in [2.75, 3.05) is 23.0 Å². The highest BCUT2D eigenvalue weighted by Crippen LogP contribution is 2.23. The molecule has 1 atom stereocenters. The Morgan fingerprint density at radius 2 is 2.13 bits per heavy atom. The number of hydrogen-bond donors (Lipinski definition) is 0. The van der Waals surface area contributed by atoms with Crippen LogP contribution in [0.15, 0.2) is 29.0 Å². The number of aromatic nitrogens is 4. The fourth-order valence-corrected chi connectivity index (χ4v) is 5.03. The lowest BCUT2D eigenvalue weighted by molar-refractivity contribution is 0.565. The van der Waals surface area contributed by atoms with Gasteiger partial charge in [-0.05, 0) is 30.5 Å². The van der Waals surface area contributed by atoms with Crippen molar-refractivity contribution in [2.45, 2.75) is 13.0 Å². The average Bonchev–Trinajstić information content (AvgIpc) is 3.14. The molecule has 0 bridgehead atoms. The molecule has 4 heterocycles. The first-order valence-electron chi connectivity index (χ1n) is 7.26. The van der Waals surface area contributed by atoms with Gasteiger partial charge in [0.2, 0.25) is 0 Å². The molecule has 3 aromatic heterocycles. The quantitative estimate of drug-likeness (QED) is 0.697. The van der Waals surface area contributed by atoms with Crippen molar-refractivity contribution < 1.29 is 8.42 Å². The summed E-state index contributed by atoms with van der Waals surface area (Å²) in [6.45, 7) is 2.37. The van der Waals surface area contributed by atoms with E-state index in [0.29, 0.717) is 18.0 Å². The fourth-order valence-electron chi connectivity index (χ4n) is 2.84. The van der Waals surface area contributed by atoms with E-state index in [1.165, 1.54) is 0 Å². The lowest BCUT2D eigenvalue weighted by Crippen LogP contribution is -2.47. The first-order chi connectivity index (χ1) is 11.0. The number of anilines is 1. The lowest BCUT2D eigenvalue weighted by atomic mass is 10.3. The number of thiophene rings is 1. The van der Waals surface area contributed by atoms with Crippen LogP contribution in [0, 0.1) is 0 Å². The van der Waals surface area contributed by atoms with Gasteiger partial charge in [-0.1, -0.05) is 0 Å². The van der Waals surface area contributed by atoms with Crippen molar-refractivity contribution in [2.24, 2.45) is 0 Å². The molecule has 0 amide bonds. The number of nitrogens with zero attached hydrogens (tertiary/aromatic N) is 5. The summed E-state index contributed by atoms with van der Waals surface area (Å²) in [5.74, 6) is 1.76. The largest absolute Gasteiger partial charge is 0.350 e. The highest BCUT2D eigenvalue weighted by molar-refractivity contribution is 7.91. The highest BCUT2D eigenvalue weighted by Gasteiger charge is 2.29. The van der Waals surface area contributed by atoms with Gasteiger partial charge in [-0.3, -0.25) is 0 Å². The molecule has 7 nitrogen and oxygen atoms in total. The Hall–Kier alpha value is -2.00. The summed E-state index contributed by atoms with van der Waals surface area (Å²) in [4.78, 5) is 2.03. The smallest absolute Gasteiger partial charge is 0.186 e. The molecule has 4 rings (SSSR count). The van der Waals surface area contributed by atoms with Crippen LogP contribution in [0.4, 0.5) is 5.82 Å². The topological polar surface area (TPSA) is 80.5 Å². The van der Waals surface area contributed by atoms with E-state index >= 15 is 0 Å². The first kappa shape index (κ1) is 14.6. The van der Waals surface area contributed by atoms with Crippen molar-refractivity contribution in [3.05, 3.63) is 29.0 Å². The maximum Gasteiger partial charge on any atom is 0.186 e. The monoisotopic (exact) mass is 349 g/mol. The summed E-state index contributed by atoms with van der Waals surface area (Å²) in [5, 5.41) is 17.0. The third-order valence-corrected chi connectivity index (χ3v) is 6.47. The van der Waals surface area contributed by atoms with Gasteiger partial charge in [0.1, 0.15) is 5.82 Å². The van der Waals surface area contributed by atoms with E-state index in [1.54, 1.807) is 15.9 Å². The Bertz CT molecular complexity index is 949. The van der Waals surface area contributed by atoms with Gasteiger partial charge in [0, 0.05) is 23.5 Å². The predicted octanol–water partition coefficient (Wildman–Crippen LogP) is 1.48. The molecule has 1 fully saturated rings. The zero-order valence-corrected chi connectivity index (χ0v) is 14.1. The van der Waals surface area contributed by atoms with E-state index in [-0.39, 0.29) is 17.5 Å². The molecule has 120 valence electrons. The number of fused-ring (bicyclic) bond motifs is 1. The van der Waals surface area contributed by atoms with Crippen LogP contribution in [0.1, 0.15) is 6.92 Å². The molecule has 9 heteroatoms. The van der Waals surface area contributed by atoms with E-state index in [9.17, 15) is 8.42 Å². The molecule has 0 N–H and O–H groups in total. The van der Waals surface area contributed by atoms with Crippen LogP contribution >= 0.6 is 11.3 Å². The van der Waals surface area contributed by atoms with Crippen LogP contribution in [-0.4, -0.2) is 52.3 Å². The van der Waals surface area contributed by atoms with Crippen molar-refractivity contribution in [3.63, 3.8) is 0 Å². The van der Waals surface area contributed by atoms with Crippen LogP contribution in [0.5, 0.6) is 0 Å². The minimum atomic E-state index is -2.95. The Kier molecular flexibility index (Phi) is 3.34. The molecule has 1 aliphatic heterocycles. The van der Waals surface area contributed by atoms with Gasteiger partial charge in [-0.15, -0.1) is 15.3 Å². The zero-order valence-electron chi connectivity index (χ0n) is 12.5. The molecule has 0 aromatic carbocycles. The van der Waals surface area contributed by atoms with Crippen LogP contribution < -0.4 is 4.90 Å². The van der Waals surface area contributed by atoms with Gasteiger partial charge in [0.25, 0.3) is 0 Å². The number of sulfone groups is 1. The second kappa shape index (κ2) is 5.27. The molecule has 3 aromatic rings. The standard InChI is InChI=1S/C14H15N5O2S2/c1-10-9-23(20,21)7-5-18(10)13-3-2-12-15-16-14(19(12)17-13)11-4-6-22-8-11/h2-4,6,8,10H,5,7,9H2,1H3. The van der Waals surface area contributed by atoms with E-state index in [1.807, 2.05) is 40.8 Å². The van der Waals surface area contributed by atoms with Crippen LogP contribution in [0.25, 0.3) is 17.0 Å². The molecule has 0 radical (unpaired) electrons. The Labute approximate surface area is 137 Å². The summed E-state index contributed by atoms with van der Waals surface area (Å²) in [6.07, 6.45) is 0. The molecule has 1 aliphatic rings. The molecule has 0 saturated carbocycles. The van der Waals surface area contributed by atoms with Crippen LogP contribution in [0.3, 0.4) is 0 Å². The maximum atomic E-state index is 11.7. The molecule has 1 saturated heterocycles. The maximum absolute atomic E-state index is 11.7. The molecular formula is C14H15N5O2S2. The first-order valence-corrected chi connectivity index (χ1v) is 10.0. The molecule has 0 spiro atoms. The van der Waals surface area contributed by atoms with Gasteiger partial charge >= 0.3 is 0 Å². The molecule has 0 aliphatic carbocycles. The van der Waals surface area contributed by atoms with E-state index in [2.05, 4.69) is 15.3 Å². The number of hydrogen-bond acceptors (Lipinski definition) is 7. The van der Waals surface area contributed by atoms with Crippen LogP contribution in [0.2, 0.25) is 0 Å². The van der Waals surface area contributed by atoms with Crippen molar-refractivity contribution >= 4 is 32.6 Å². The Balaban J connectivity index is 1.76. The summed E-state index contributed by atoms with van der Waals surface area (Å²) in [5.41, 5.74) is 1.65. The third kappa shape index (κ3) is 2.59. The van der Waals surface area contributed by atoms with Gasteiger partial charge < -0.3 is 4.90 Å². The van der Waals surface area contributed by atoms with Gasteiger partial charge in [-0.25, -0.2) is 8.42 Å². The van der Waals surface area contributed by atoms with Crippen molar-refractivity contribution in [3.8, 4) is 11.4 Å². The van der Waals surface area contributed by atoms with Crippen molar-refractivity contribution in [1.82, 2.24) is 19.8 Å².